The topological polar surface area (TPSA) is 104 Å². The highest BCUT2D eigenvalue weighted by molar-refractivity contribution is 7.88. The van der Waals surface area contributed by atoms with E-state index < -0.39 is 55.0 Å². The van der Waals surface area contributed by atoms with Gasteiger partial charge in [-0.25, -0.2) is 0 Å². The number of hydrogen-bond acceptors (Lipinski definition) is 7. The average Bonchev–Trinajstić information content (AvgIpc) is 2.42. The van der Waals surface area contributed by atoms with Crippen LogP contribution in [0.4, 0.5) is 26.3 Å². The van der Waals surface area contributed by atoms with E-state index in [9.17, 15) is 48.0 Å². The predicted octanol–water partition coefficient (Wildman–Crippen LogP) is 1.96. The van der Waals surface area contributed by atoms with Gasteiger partial charge in [-0.15, -0.1) is 0 Å². The number of Topliss-reactive ketones (excluding diaryl/α,β-unsaturated/α-hetero) is 1. The monoisotopic (exact) mass is 416 g/mol. The SMILES string of the molecule is O=C(COS(=O)(=O)C(F)(F)F)c1ccccc1OS(=O)(=O)C(F)(F)F. The number of benzene rings is 1. The van der Waals surface area contributed by atoms with Gasteiger partial charge >= 0.3 is 31.3 Å². The number of carbonyl (C=O) groups excluding carboxylic acids is 1. The smallest absolute Gasteiger partial charge is 0.375 e. The molecular formula is C10H6F6O7S2. The zero-order chi connectivity index (χ0) is 19.7. The lowest BCUT2D eigenvalue weighted by molar-refractivity contribution is -0.0537. The minimum atomic E-state index is -6.16. The van der Waals surface area contributed by atoms with E-state index >= 15 is 0 Å². The van der Waals surface area contributed by atoms with Crippen molar-refractivity contribution in [2.24, 2.45) is 0 Å². The average molecular weight is 416 g/mol. The first-order valence-electron chi connectivity index (χ1n) is 5.67. The summed E-state index contributed by atoms with van der Waals surface area (Å²) in [6, 6.07) is 3.28. The molecule has 0 atom stereocenters. The molecule has 15 heteroatoms. The molecule has 25 heavy (non-hydrogen) atoms. The molecule has 142 valence electrons. The Morgan fingerprint density at radius 1 is 0.880 bits per heavy atom. The van der Waals surface area contributed by atoms with Crippen LogP contribution in [0, 0.1) is 0 Å². The van der Waals surface area contributed by atoms with Crippen molar-refractivity contribution in [3.05, 3.63) is 29.8 Å². The zero-order valence-corrected chi connectivity index (χ0v) is 13.1. The van der Waals surface area contributed by atoms with Crippen LogP contribution >= 0.6 is 0 Å². The lowest BCUT2D eigenvalue weighted by atomic mass is 10.1. The summed E-state index contributed by atoms with van der Waals surface area (Å²) in [5, 5.41) is 0. The molecule has 7 nitrogen and oxygen atoms in total. The second kappa shape index (κ2) is 6.80. The van der Waals surface area contributed by atoms with E-state index in [1.54, 1.807) is 0 Å². The van der Waals surface area contributed by atoms with Gasteiger partial charge in [-0.05, 0) is 12.1 Å². The molecule has 0 radical (unpaired) electrons. The second-order valence-corrected chi connectivity index (χ2v) is 7.21. The van der Waals surface area contributed by atoms with E-state index in [4.69, 9.17) is 0 Å². The van der Waals surface area contributed by atoms with Gasteiger partial charge in [-0.3, -0.25) is 8.98 Å². The van der Waals surface area contributed by atoms with E-state index in [1.807, 2.05) is 0 Å². The molecule has 0 aliphatic rings. The third-order valence-electron chi connectivity index (χ3n) is 2.30. The van der Waals surface area contributed by atoms with Gasteiger partial charge in [0.05, 0.1) is 5.56 Å². The van der Waals surface area contributed by atoms with Crippen LogP contribution in [0.15, 0.2) is 24.3 Å². The maximum absolute atomic E-state index is 12.3. The third-order valence-corrected chi connectivity index (χ3v) is 4.26. The Labute approximate surface area is 136 Å². The molecular weight excluding hydrogens is 410 g/mol. The Bertz CT molecular complexity index is 854. The van der Waals surface area contributed by atoms with Crippen LogP contribution in [-0.2, 0) is 24.4 Å². The summed E-state index contributed by atoms with van der Waals surface area (Å²) in [7, 11) is -12.3. The number of hydrogen-bond donors (Lipinski definition) is 0. The molecule has 0 saturated heterocycles. The van der Waals surface area contributed by atoms with Crippen LogP contribution in [-0.4, -0.2) is 40.2 Å². The van der Waals surface area contributed by atoms with E-state index in [2.05, 4.69) is 8.37 Å². The number of alkyl halides is 6. The van der Waals surface area contributed by atoms with Crippen molar-refractivity contribution in [2.45, 2.75) is 11.0 Å². The van der Waals surface area contributed by atoms with Crippen LogP contribution in [0.1, 0.15) is 10.4 Å². The van der Waals surface area contributed by atoms with Gasteiger partial charge in [0.25, 0.3) is 0 Å². The fourth-order valence-electron chi connectivity index (χ4n) is 1.21. The number of carbonyl (C=O) groups is 1. The van der Waals surface area contributed by atoms with Gasteiger partial charge in [-0.1, -0.05) is 12.1 Å². The van der Waals surface area contributed by atoms with E-state index in [1.165, 1.54) is 0 Å². The number of halogens is 6. The maximum Gasteiger partial charge on any atom is 0.534 e. The van der Waals surface area contributed by atoms with Crippen molar-refractivity contribution < 1.29 is 56.3 Å². The molecule has 0 spiro atoms. The molecule has 0 saturated carbocycles. The lowest BCUT2D eigenvalue weighted by Crippen LogP contribution is -2.29. The molecule has 1 aromatic carbocycles. The minimum absolute atomic E-state index is 0.606. The number of rotatable bonds is 6. The van der Waals surface area contributed by atoms with E-state index in [-0.39, 0.29) is 0 Å². The highest BCUT2D eigenvalue weighted by Gasteiger charge is 2.49. The van der Waals surface area contributed by atoms with Crippen molar-refractivity contribution >= 4 is 26.0 Å². The first-order valence-corrected chi connectivity index (χ1v) is 8.49. The van der Waals surface area contributed by atoms with Gasteiger partial charge in [0.2, 0.25) is 0 Å². The molecule has 1 aromatic rings. The van der Waals surface area contributed by atoms with Crippen molar-refractivity contribution in [1.29, 1.82) is 0 Å². The largest absolute Gasteiger partial charge is 0.534 e. The van der Waals surface area contributed by atoms with Crippen LogP contribution in [0.5, 0.6) is 5.75 Å². The first kappa shape index (κ1) is 21.2. The highest BCUT2D eigenvalue weighted by atomic mass is 32.2. The number of ketones is 1. The van der Waals surface area contributed by atoms with Gasteiger partial charge in [0.1, 0.15) is 6.61 Å². The molecule has 1 rings (SSSR count). The van der Waals surface area contributed by atoms with Crippen LogP contribution in [0.2, 0.25) is 0 Å². The summed E-state index contributed by atoms with van der Waals surface area (Å²) in [6.07, 6.45) is 0. The van der Waals surface area contributed by atoms with Gasteiger partial charge in [0, 0.05) is 0 Å². The van der Waals surface area contributed by atoms with Gasteiger partial charge in [-0.2, -0.15) is 43.2 Å². The maximum atomic E-state index is 12.3. The summed E-state index contributed by atoms with van der Waals surface area (Å²) in [6.45, 7) is -1.74. The molecule has 0 amide bonds. The van der Waals surface area contributed by atoms with Crippen LogP contribution in [0.3, 0.4) is 0 Å². The summed E-state index contributed by atoms with van der Waals surface area (Å²) >= 11 is 0. The van der Waals surface area contributed by atoms with E-state index in [0.717, 1.165) is 12.1 Å². The third kappa shape index (κ3) is 5.05. The molecule has 0 aliphatic carbocycles. The summed E-state index contributed by atoms with van der Waals surface area (Å²) in [4.78, 5) is 11.7. The Balaban J connectivity index is 3.07. The fourth-order valence-corrected chi connectivity index (χ4v) is 2.08. The molecule has 0 aromatic heterocycles. The quantitative estimate of drug-likeness (QED) is 0.302. The standard InChI is InChI=1S/C10H6F6O7S2/c11-9(12,13)24(18,19)22-5-7(17)6-3-1-2-4-8(6)23-25(20,21)10(14,15)16/h1-4H,5H2. The fraction of sp³-hybridized carbons (Fsp3) is 0.300. The predicted molar refractivity (Wildman–Crippen MR) is 67.3 cm³/mol. The van der Waals surface area contributed by atoms with Crippen molar-refractivity contribution in [2.75, 3.05) is 6.61 Å². The number of para-hydroxylation sites is 1. The van der Waals surface area contributed by atoms with Crippen molar-refractivity contribution in [3.8, 4) is 5.75 Å². The molecule has 0 N–H and O–H groups in total. The highest BCUT2D eigenvalue weighted by Crippen LogP contribution is 2.29. The Morgan fingerprint density at radius 2 is 1.36 bits per heavy atom. The van der Waals surface area contributed by atoms with E-state index in [0.29, 0.717) is 12.1 Å². The Hall–Kier alpha value is -1.87. The molecule has 0 aliphatic heterocycles. The molecule has 0 unspecified atom stereocenters. The minimum Gasteiger partial charge on any atom is -0.375 e. The Kier molecular flexibility index (Phi) is 5.76. The Morgan fingerprint density at radius 3 is 1.84 bits per heavy atom. The molecule has 0 fully saturated rings. The summed E-state index contributed by atoms with van der Waals surface area (Å²) in [5.74, 6) is -2.74. The van der Waals surface area contributed by atoms with Crippen LogP contribution in [0.25, 0.3) is 0 Å². The lowest BCUT2D eigenvalue weighted by Gasteiger charge is -2.12. The molecule has 0 heterocycles. The normalized spacial score (nSPS) is 13.5. The first-order chi connectivity index (χ1) is 11.1. The second-order valence-electron chi connectivity index (χ2n) is 4.06. The van der Waals surface area contributed by atoms with Crippen LogP contribution < -0.4 is 4.18 Å². The van der Waals surface area contributed by atoms with Gasteiger partial charge in [0.15, 0.2) is 11.5 Å². The summed E-state index contributed by atoms with van der Waals surface area (Å²) in [5.41, 5.74) is -12.6. The van der Waals surface area contributed by atoms with Crippen molar-refractivity contribution in [1.82, 2.24) is 0 Å². The zero-order valence-electron chi connectivity index (χ0n) is 11.5. The van der Waals surface area contributed by atoms with Gasteiger partial charge < -0.3 is 4.18 Å². The molecule has 0 bridgehead atoms. The van der Waals surface area contributed by atoms with Crippen molar-refractivity contribution in [3.63, 3.8) is 0 Å². The summed E-state index contributed by atoms with van der Waals surface area (Å²) < 4.78 is 123.